The van der Waals surface area contributed by atoms with Crippen LogP contribution >= 0.6 is 0 Å². The van der Waals surface area contributed by atoms with Crippen LogP contribution in [0.1, 0.15) is 24.5 Å². The van der Waals surface area contributed by atoms with Crippen molar-refractivity contribution in [3.8, 4) is 5.75 Å². The van der Waals surface area contributed by atoms with Crippen LogP contribution in [-0.2, 0) is 4.79 Å². The molecule has 2 unspecified atom stereocenters. The van der Waals surface area contributed by atoms with E-state index in [0.29, 0.717) is 11.8 Å². The molecule has 204 valence electrons. The Hall–Kier alpha value is -2.64. The number of rotatable bonds is 9. The van der Waals surface area contributed by atoms with Gasteiger partial charge in [-0.1, -0.05) is 6.08 Å². The molecule has 7 N–H and O–H groups in total. The Morgan fingerprint density at radius 1 is 1.22 bits per heavy atom. The van der Waals surface area contributed by atoms with Crippen molar-refractivity contribution in [1.29, 1.82) is 0 Å². The molecule has 9 atom stereocenters. The maximum absolute atomic E-state index is 11.2. The summed E-state index contributed by atoms with van der Waals surface area (Å²) >= 11 is 0. The van der Waals surface area contributed by atoms with Gasteiger partial charge in [0.25, 0.3) is 0 Å². The minimum Gasteiger partial charge on any atom is -0.497 e. The van der Waals surface area contributed by atoms with E-state index in [1.165, 1.54) is 6.42 Å². The fraction of sp³-hybridized carbons (Fsp3) is 0.538. The smallest absolute Gasteiger partial charge is 0.335 e. The average molecular weight is 521 g/mol. The van der Waals surface area contributed by atoms with Crippen LogP contribution in [-0.4, -0.2) is 109 Å². The van der Waals surface area contributed by atoms with Gasteiger partial charge >= 0.3 is 5.97 Å². The molecule has 5 rings (SSSR count). The number of carboxylic acid groups (broad SMARTS) is 1. The third kappa shape index (κ3) is 6.44. The van der Waals surface area contributed by atoms with Gasteiger partial charge in [0, 0.05) is 24.2 Å². The summed E-state index contributed by atoms with van der Waals surface area (Å²) in [7, 11) is 1.66. The highest BCUT2D eigenvalue weighted by Crippen LogP contribution is 2.42. The zero-order chi connectivity index (χ0) is 27.3. The molecule has 0 radical (unpaired) electrons. The summed E-state index contributed by atoms with van der Waals surface area (Å²) in [6.07, 6.45) is -2.22. The van der Waals surface area contributed by atoms with Crippen LogP contribution in [0, 0.1) is 11.8 Å². The number of fused-ring (bicyclic) bond motifs is 4. The lowest BCUT2D eigenvalue weighted by atomic mass is 9.73. The van der Waals surface area contributed by atoms with Gasteiger partial charge in [0.1, 0.15) is 24.1 Å². The molecule has 37 heavy (non-hydrogen) atoms. The molecule has 3 fully saturated rings. The Balaban J connectivity index is 0.000000251. The van der Waals surface area contributed by atoms with Gasteiger partial charge in [-0.05, 0) is 61.1 Å². The fourth-order valence-electron chi connectivity index (χ4n) is 5.11. The lowest BCUT2D eigenvalue weighted by Crippen LogP contribution is -2.54. The van der Waals surface area contributed by atoms with E-state index >= 15 is 0 Å². The quantitative estimate of drug-likeness (QED) is 0.215. The number of hydrogen-bond acceptors (Lipinski definition) is 10. The maximum atomic E-state index is 11.2. The van der Waals surface area contributed by atoms with E-state index in [1.54, 1.807) is 13.3 Å². The largest absolute Gasteiger partial charge is 0.497 e. The van der Waals surface area contributed by atoms with Gasteiger partial charge in [-0.15, -0.1) is 6.58 Å². The van der Waals surface area contributed by atoms with Crippen LogP contribution in [0.15, 0.2) is 43.1 Å². The first-order valence-electron chi connectivity index (χ1n) is 12.2. The zero-order valence-electron chi connectivity index (χ0n) is 20.7. The van der Waals surface area contributed by atoms with Crippen molar-refractivity contribution in [2.24, 2.45) is 11.8 Å². The van der Waals surface area contributed by atoms with E-state index in [4.69, 9.17) is 35.4 Å². The fourth-order valence-corrected chi connectivity index (χ4v) is 5.11. The van der Waals surface area contributed by atoms with E-state index < -0.39 is 43.1 Å². The molecule has 2 aromatic rings. The number of carbonyl (C=O) groups is 1. The predicted molar refractivity (Wildman–Crippen MR) is 134 cm³/mol. The van der Waals surface area contributed by atoms with Crippen LogP contribution in [0.5, 0.6) is 5.75 Å². The molecule has 1 aromatic heterocycles. The van der Waals surface area contributed by atoms with E-state index in [1.807, 2.05) is 24.3 Å². The molecule has 11 nitrogen and oxygen atoms in total. The second-order valence-electron chi connectivity index (χ2n) is 9.49. The van der Waals surface area contributed by atoms with Crippen molar-refractivity contribution in [3.63, 3.8) is 0 Å². The molecule has 3 aliphatic rings. The van der Waals surface area contributed by atoms with Crippen LogP contribution in [0.3, 0.4) is 0 Å². The molecule has 11 heteroatoms. The summed E-state index contributed by atoms with van der Waals surface area (Å²) < 4.78 is 5.35. The van der Waals surface area contributed by atoms with Crippen molar-refractivity contribution < 1.29 is 45.3 Å². The number of piperidine rings is 3. The number of carboxylic acids is 1. The van der Waals surface area contributed by atoms with Crippen LogP contribution in [0.2, 0.25) is 0 Å². The Bertz CT molecular complexity index is 1070. The number of aliphatic hydroxyl groups is 6. The molecule has 4 heterocycles. The summed E-state index contributed by atoms with van der Waals surface area (Å²) in [5.74, 6) is 0.282. The number of aliphatic carboxylic acids is 1. The third-order valence-corrected chi connectivity index (χ3v) is 7.33. The Morgan fingerprint density at radius 3 is 2.51 bits per heavy atom. The molecular weight excluding hydrogens is 484 g/mol. The van der Waals surface area contributed by atoms with Gasteiger partial charge in [-0.2, -0.15) is 0 Å². The second kappa shape index (κ2) is 12.7. The normalized spacial score (nSPS) is 26.8. The Morgan fingerprint density at radius 2 is 1.95 bits per heavy atom. The van der Waals surface area contributed by atoms with Crippen molar-refractivity contribution >= 4 is 16.9 Å². The first-order valence-corrected chi connectivity index (χ1v) is 12.2. The number of benzene rings is 1. The zero-order valence-corrected chi connectivity index (χ0v) is 20.7. The monoisotopic (exact) mass is 520 g/mol. The van der Waals surface area contributed by atoms with Crippen LogP contribution in [0.25, 0.3) is 10.9 Å². The van der Waals surface area contributed by atoms with E-state index in [-0.39, 0.29) is 6.04 Å². The molecule has 0 amide bonds. The Kier molecular flexibility index (Phi) is 9.96. The van der Waals surface area contributed by atoms with Gasteiger partial charge in [0.05, 0.1) is 25.3 Å². The van der Waals surface area contributed by atoms with Crippen molar-refractivity contribution in [2.75, 3.05) is 26.8 Å². The lowest BCUT2D eigenvalue weighted by molar-refractivity contribution is -0.164. The minimum atomic E-state index is -2.20. The number of hydrogen-bond donors (Lipinski definition) is 7. The molecular formula is C26H36N2O9. The van der Waals surface area contributed by atoms with Gasteiger partial charge in [0.15, 0.2) is 6.10 Å². The van der Waals surface area contributed by atoms with Crippen LogP contribution in [0.4, 0.5) is 0 Å². The highest BCUT2D eigenvalue weighted by molar-refractivity contribution is 5.84. The number of aliphatic hydroxyl groups excluding tert-OH is 6. The number of methoxy groups -OCH3 is 1. The first kappa shape index (κ1) is 28.9. The minimum absolute atomic E-state index is 0.178. The number of aromatic nitrogens is 1. The second-order valence-corrected chi connectivity index (χ2v) is 9.49. The number of ether oxygens (including phenoxy) is 1. The van der Waals surface area contributed by atoms with E-state index in [0.717, 1.165) is 41.7 Å². The summed E-state index contributed by atoms with van der Waals surface area (Å²) in [5.41, 5.74) is 1.85. The molecule has 0 spiro atoms. The highest BCUT2D eigenvalue weighted by Gasteiger charge is 2.42. The lowest BCUT2D eigenvalue weighted by Gasteiger charge is -2.50. The van der Waals surface area contributed by atoms with Crippen molar-refractivity contribution in [2.45, 2.75) is 49.4 Å². The predicted octanol–water partition coefficient (Wildman–Crippen LogP) is -0.320. The maximum Gasteiger partial charge on any atom is 0.335 e. The average Bonchev–Trinajstić information content (AvgIpc) is 2.94. The van der Waals surface area contributed by atoms with Crippen LogP contribution < -0.4 is 4.74 Å². The molecule has 1 aromatic carbocycles. The summed E-state index contributed by atoms with van der Waals surface area (Å²) in [6, 6.07) is 7.96. The molecule has 0 saturated carbocycles. The van der Waals surface area contributed by atoms with E-state index in [9.17, 15) is 9.90 Å². The first-order chi connectivity index (χ1) is 17.6. The SMILES string of the molecule is C=C[C@H]1CN2CCC1C[C@@H]2[C@@H](O)c1ccnc2ccc(OC)cc12.O=C(O)[C@H](O)[C@@H](O)[C@H](O)[C@H](O)CO. The molecule has 3 aliphatic heterocycles. The topological polar surface area (TPSA) is 184 Å². The van der Waals surface area contributed by atoms with Gasteiger partial charge < -0.3 is 40.5 Å². The highest BCUT2D eigenvalue weighted by atomic mass is 16.5. The third-order valence-electron chi connectivity index (χ3n) is 7.33. The standard InChI is InChI=1S/C20H24N2O2.C6H12O7/c1-3-13-12-22-9-7-14(13)10-19(22)20(23)16-6-8-21-18-5-4-15(24-2)11-17(16)18;7-1-2(8)3(9)4(10)5(11)6(12)13/h3-6,8,11,13-14,19-20,23H,1,7,9-10,12H2,2H3;2-5,7-11H,1H2,(H,12,13)/t13-,14?,19+,20-;2-,3-,4+,5-/m01/s1. The van der Waals surface area contributed by atoms with E-state index in [2.05, 4.69) is 22.5 Å². The summed E-state index contributed by atoms with van der Waals surface area (Å²) in [5, 5.41) is 63.9. The van der Waals surface area contributed by atoms with Gasteiger partial charge in [-0.25, -0.2) is 4.79 Å². The number of pyridine rings is 1. The Labute approximate surface area is 214 Å². The molecule has 0 aliphatic carbocycles. The summed E-state index contributed by atoms with van der Waals surface area (Å²) in [4.78, 5) is 16.9. The summed E-state index contributed by atoms with van der Waals surface area (Å²) in [6.45, 7) is 5.23. The molecule has 2 bridgehead atoms. The van der Waals surface area contributed by atoms with Crippen molar-refractivity contribution in [3.05, 3.63) is 48.7 Å². The van der Waals surface area contributed by atoms with Crippen molar-refractivity contribution in [1.82, 2.24) is 9.88 Å². The number of nitrogens with zero attached hydrogens (tertiary/aromatic N) is 2. The van der Waals surface area contributed by atoms with Gasteiger partial charge in [0.2, 0.25) is 0 Å². The molecule has 3 saturated heterocycles. The van der Waals surface area contributed by atoms with Gasteiger partial charge in [-0.3, -0.25) is 9.88 Å².